The zero-order valence-corrected chi connectivity index (χ0v) is 3.96. The van der Waals surface area contributed by atoms with Gasteiger partial charge in [0.05, 0.1) is 6.61 Å². The molecule has 1 saturated heterocycles. The van der Waals surface area contributed by atoms with Crippen molar-refractivity contribution in [2.24, 2.45) is 0 Å². The molecule has 0 spiro atoms. The Morgan fingerprint density at radius 3 is 2.86 bits per heavy atom. The minimum atomic E-state index is 0.476. The number of carbonyl (C=O) groups is 1. The Morgan fingerprint density at radius 1 is 1.71 bits per heavy atom. The summed E-state index contributed by atoms with van der Waals surface area (Å²) in [4.78, 5) is 11.4. The maximum atomic E-state index is 9.85. The van der Waals surface area contributed by atoms with Gasteiger partial charge in [-0.2, -0.15) is 0 Å². The predicted molar refractivity (Wildman–Crippen MR) is 23.6 cm³/mol. The van der Waals surface area contributed by atoms with Crippen LogP contribution >= 0.6 is 0 Å². The molecule has 3 heteroatoms. The molecule has 1 aliphatic rings. The van der Waals surface area contributed by atoms with Crippen molar-refractivity contribution < 1.29 is 9.53 Å². The Balaban J connectivity index is 2.26. The molecule has 0 N–H and O–H groups in total. The van der Waals surface area contributed by atoms with Crippen LogP contribution in [0.5, 0.6) is 0 Å². The third kappa shape index (κ3) is 0.899. The van der Waals surface area contributed by atoms with E-state index in [1.54, 1.807) is 4.90 Å². The van der Waals surface area contributed by atoms with Gasteiger partial charge in [-0.1, -0.05) is 0 Å². The summed E-state index contributed by atoms with van der Waals surface area (Å²) in [6.07, 6.45) is 0.799. The normalized spacial score (nSPS) is 20.3. The van der Waals surface area contributed by atoms with Gasteiger partial charge in [-0.15, -0.1) is 0 Å². The van der Waals surface area contributed by atoms with E-state index in [9.17, 15) is 4.79 Å². The van der Waals surface area contributed by atoms with Gasteiger partial charge in [0.2, 0.25) is 6.41 Å². The lowest BCUT2D eigenvalue weighted by molar-refractivity contribution is -0.118. The molecule has 1 amide bonds. The van der Waals surface area contributed by atoms with E-state index in [0.29, 0.717) is 13.3 Å². The van der Waals surface area contributed by atoms with E-state index < -0.39 is 0 Å². The summed E-state index contributed by atoms with van der Waals surface area (Å²) < 4.78 is 4.84. The molecule has 0 radical (unpaired) electrons. The largest absolute Gasteiger partial charge is 0.359 e. The minimum absolute atomic E-state index is 0.476. The lowest BCUT2D eigenvalue weighted by Gasteiger charge is -2.00. The third-order valence-electron chi connectivity index (χ3n) is 0.929. The van der Waals surface area contributed by atoms with Gasteiger partial charge in [0.25, 0.3) is 0 Å². The molecule has 0 bridgehead atoms. The fourth-order valence-electron chi connectivity index (χ4n) is 0.511. The summed E-state index contributed by atoms with van der Waals surface area (Å²) in [5.41, 5.74) is 0. The van der Waals surface area contributed by atoms with E-state index in [-0.39, 0.29) is 0 Å². The van der Waals surface area contributed by atoms with Crippen molar-refractivity contribution in [1.29, 1.82) is 0 Å². The first-order valence-electron chi connectivity index (χ1n) is 2.20. The molecule has 0 unspecified atom stereocenters. The van der Waals surface area contributed by atoms with Crippen LogP contribution in [-0.2, 0) is 9.53 Å². The highest BCUT2D eigenvalue weighted by molar-refractivity contribution is 5.46. The fourth-order valence-corrected chi connectivity index (χ4v) is 0.511. The van der Waals surface area contributed by atoms with Gasteiger partial charge in [0, 0.05) is 6.54 Å². The van der Waals surface area contributed by atoms with Crippen LogP contribution in [0.1, 0.15) is 0 Å². The summed E-state index contributed by atoms with van der Waals surface area (Å²) in [6, 6.07) is 0. The Kier molecular flexibility index (Phi) is 1.26. The maximum absolute atomic E-state index is 9.85. The molecule has 1 rings (SSSR count). The molecule has 1 aliphatic heterocycles. The lowest BCUT2D eigenvalue weighted by atomic mass is 10.7. The minimum Gasteiger partial charge on any atom is -0.359 e. The van der Waals surface area contributed by atoms with E-state index in [1.165, 1.54) is 0 Å². The molecular weight excluding hydrogens is 94.0 g/mol. The molecule has 3 nitrogen and oxygen atoms in total. The highest BCUT2D eigenvalue weighted by Crippen LogP contribution is 1.92. The van der Waals surface area contributed by atoms with E-state index >= 15 is 0 Å². The van der Waals surface area contributed by atoms with Gasteiger partial charge >= 0.3 is 0 Å². The number of rotatable bonds is 1. The maximum Gasteiger partial charge on any atom is 0.211 e. The summed E-state index contributed by atoms with van der Waals surface area (Å²) in [6.45, 7) is 1.92. The fraction of sp³-hybridized carbons (Fsp3) is 0.750. The van der Waals surface area contributed by atoms with Crippen LogP contribution in [0.3, 0.4) is 0 Å². The Morgan fingerprint density at radius 2 is 2.57 bits per heavy atom. The molecule has 7 heavy (non-hydrogen) atoms. The summed E-state index contributed by atoms with van der Waals surface area (Å²) >= 11 is 0. The van der Waals surface area contributed by atoms with E-state index in [0.717, 1.165) is 13.0 Å². The van der Waals surface area contributed by atoms with Crippen LogP contribution in [-0.4, -0.2) is 31.2 Å². The van der Waals surface area contributed by atoms with Gasteiger partial charge in [-0.25, -0.2) is 0 Å². The second-order valence-electron chi connectivity index (χ2n) is 1.46. The second kappa shape index (κ2) is 1.93. The number of nitrogens with zero attached hydrogens (tertiary/aromatic N) is 1. The van der Waals surface area contributed by atoms with Gasteiger partial charge < -0.3 is 9.64 Å². The van der Waals surface area contributed by atoms with Crippen LogP contribution in [0.4, 0.5) is 0 Å². The van der Waals surface area contributed by atoms with Crippen LogP contribution in [0, 0.1) is 0 Å². The predicted octanol–water partition coefficient (Wildman–Crippen LogP) is -0.568. The average Bonchev–Trinajstić information content (AvgIpc) is 2.14. The van der Waals surface area contributed by atoms with Crippen molar-refractivity contribution in [2.75, 3.05) is 19.9 Å². The van der Waals surface area contributed by atoms with Crippen LogP contribution in [0.15, 0.2) is 0 Å². The first kappa shape index (κ1) is 4.59. The summed E-state index contributed by atoms with van der Waals surface area (Å²) in [7, 11) is 0. The van der Waals surface area contributed by atoms with Gasteiger partial charge in [-0.3, -0.25) is 4.79 Å². The van der Waals surface area contributed by atoms with Gasteiger partial charge in [0.1, 0.15) is 6.73 Å². The number of hydrogen-bond donors (Lipinski definition) is 0. The molecule has 0 aromatic rings. The van der Waals surface area contributed by atoms with Crippen molar-refractivity contribution in [3.05, 3.63) is 0 Å². The van der Waals surface area contributed by atoms with E-state index in [1.807, 2.05) is 0 Å². The SMILES string of the molecule is O=CN1CCOC1. The van der Waals surface area contributed by atoms with Crippen LogP contribution in [0.25, 0.3) is 0 Å². The highest BCUT2D eigenvalue weighted by Gasteiger charge is 2.06. The van der Waals surface area contributed by atoms with Crippen molar-refractivity contribution in [2.45, 2.75) is 0 Å². The molecule has 40 valence electrons. The van der Waals surface area contributed by atoms with Crippen molar-refractivity contribution in [1.82, 2.24) is 4.90 Å². The number of ether oxygens (including phenoxy) is 1. The summed E-state index contributed by atoms with van der Waals surface area (Å²) in [5, 5.41) is 0. The van der Waals surface area contributed by atoms with Gasteiger partial charge in [-0.05, 0) is 0 Å². The Hall–Kier alpha value is -0.570. The topological polar surface area (TPSA) is 29.5 Å². The average molecular weight is 101 g/mol. The molecular formula is C4H7NO2. The first-order chi connectivity index (χ1) is 3.43. The van der Waals surface area contributed by atoms with E-state index in [4.69, 9.17) is 4.74 Å². The molecule has 1 heterocycles. The summed E-state index contributed by atoms with van der Waals surface area (Å²) in [5.74, 6) is 0. The first-order valence-corrected chi connectivity index (χ1v) is 2.20. The number of hydrogen-bond acceptors (Lipinski definition) is 2. The van der Waals surface area contributed by atoms with E-state index in [2.05, 4.69) is 0 Å². The molecule has 0 saturated carbocycles. The highest BCUT2D eigenvalue weighted by atomic mass is 16.5. The van der Waals surface area contributed by atoms with Crippen LogP contribution < -0.4 is 0 Å². The number of carbonyl (C=O) groups excluding carboxylic acids is 1. The molecule has 0 aromatic carbocycles. The van der Waals surface area contributed by atoms with Crippen LogP contribution in [0.2, 0.25) is 0 Å². The third-order valence-corrected chi connectivity index (χ3v) is 0.929. The Labute approximate surface area is 41.9 Å². The zero-order chi connectivity index (χ0) is 5.11. The van der Waals surface area contributed by atoms with Gasteiger partial charge in [0.15, 0.2) is 0 Å². The molecule has 1 fully saturated rings. The lowest BCUT2D eigenvalue weighted by Crippen LogP contribution is -2.16. The zero-order valence-electron chi connectivity index (χ0n) is 3.96. The van der Waals surface area contributed by atoms with Crippen molar-refractivity contribution >= 4 is 6.41 Å². The van der Waals surface area contributed by atoms with Crippen molar-refractivity contribution in [3.8, 4) is 0 Å². The van der Waals surface area contributed by atoms with Crippen molar-refractivity contribution in [3.63, 3.8) is 0 Å². The Bertz CT molecular complexity index is 68.1. The standard InChI is InChI=1S/C4H7NO2/c6-3-5-1-2-7-4-5/h3H,1-2,4H2. The number of amides is 1. The monoisotopic (exact) mass is 101 g/mol. The second-order valence-corrected chi connectivity index (χ2v) is 1.46. The quantitative estimate of drug-likeness (QED) is 0.414. The molecule has 0 atom stereocenters. The molecule has 0 aliphatic carbocycles. The smallest absolute Gasteiger partial charge is 0.211 e. The molecule has 0 aromatic heterocycles.